The van der Waals surface area contributed by atoms with Crippen molar-refractivity contribution in [3.8, 4) is 0 Å². The van der Waals surface area contributed by atoms with Crippen LogP contribution in [0.4, 0.5) is 13.2 Å². The van der Waals surface area contributed by atoms with E-state index in [2.05, 4.69) is 4.74 Å². The van der Waals surface area contributed by atoms with Crippen molar-refractivity contribution in [3.63, 3.8) is 0 Å². The molecule has 0 saturated carbocycles. The number of halogens is 3. The van der Waals surface area contributed by atoms with Crippen molar-refractivity contribution in [1.29, 1.82) is 0 Å². The smallest absolute Gasteiger partial charge is 0.418 e. The summed E-state index contributed by atoms with van der Waals surface area (Å²) in [5.41, 5.74) is -1.35. The zero-order valence-corrected chi connectivity index (χ0v) is 6.90. The van der Waals surface area contributed by atoms with Crippen LogP contribution in [0.15, 0.2) is 11.8 Å². The van der Waals surface area contributed by atoms with Gasteiger partial charge in [-0.3, -0.25) is 0 Å². The molecule has 0 aromatic heterocycles. The monoisotopic (exact) mass is 214 g/mol. The van der Waals surface area contributed by atoms with E-state index in [9.17, 15) is 13.2 Å². The van der Waals surface area contributed by atoms with Crippen LogP contribution >= 0.6 is 0 Å². The molecule has 3 atom stereocenters. The van der Waals surface area contributed by atoms with Crippen molar-refractivity contribution >= 4 is 0 Å². The summed E-state index contributed by atoms with van der Waals surface area (Å²) >= 11 is 0. The molecule has 7 heteroatoms. The van der Waals surface area contributed by atoms with Gasteiger partial charge in [-0.05, 0) is 0 Å². The minimum Gasteiger partial charge on any atom is -0.492 e. The molecule has 0 radical (unpaired) electrons. The zero-order chi connectivity index (χ0) is 10.9. The SMILES string of the molecule is OCC1OC=C(C(F)(F)F)C(O)C1O. The Hall–Kier alpha value is -0.790. The van der Waals surface area contributed by atoms with E-state index in [1.165, 1.54) is 0 Å². The average Bonchev–Trinajstić information content (AvgIpc) is 2.07. The number of hydrogen-bond donors (Lipinski definition) is 3. The maximum atomic E-state index is 12.1. The second kappa shape index (κ2) is 3.76. The second-order valence-corrected chi connectivity index (χ2v) is 2.86. The Morgan fingerprint density at radius 3 is 2.36 bits per heavy atom. The summed E-state index contributed by atoms with van der Waals surface area (Å²) in [7, 11) is 0. The summed E-state index contributed by atoms with van der Waals surface area (Å²) in [5, 5.41) is 26.7. The maximum absolute atomic E-state index is 12.1. The number of hydrogen-bond acceptors (Lipinski definition) is 4. The highest BCUT2D eigenvalue weighted by atomic mass is 19.4. The lowest BCUT2D eigenvalue weighted by Crippen LogP contribution is -2.47. The van der Waals surface area contributed by atoms with Crippen molar-refractivity contribution < 1.29 is 33.2 Å². The average molecular weight is 214 g/mol. The molecule has 1 heterocycles. The standard InChI is InChI=1S/C7H9F3O4/c8-7(9,10)3-2-14-4(1-11)6(13)5(3)12/h2,4-6,11-13H,1H2. The molecule has 3 unspecified atom stereocenters. The van der Waals surface area contributed by atoms with E-state index >= 15 is 0 Å². The van der Waals surface area contributed by atoms with Crippen LogP contribution in [0, 0.1) is 0 Å². The van der Waals surface area contributed by atoms with Crippen molar-refractivity contribution in [2.45, 2.75) is 24.5 Å². The third-order valence-corrected chi connectivity index (χ3v) is 1.90. The Labute approximate surface area is 77.2 Å². The van der Waals surface area contributed by atoms with E-state index in [1.807, 2.05) is 0 Å². The van der Waals surface area contributed by atoms with Crippen LogP contribution in [0.2, 0.25) is 0 Å². The molecule has 1 aliphatic heterocycles. The highest BCUT2D eigenvalue weighted by molar-refractivity contribution is 5.17. The molecular formula is C7H9F3O4. The molecule has 0 saturated heterocycles. The highest BCUT2D eigenvalue weighted by Crippen LogP contribution is 2.33. The Balaban J connectivity index is 2.87. The van der Waals surface area contributed by atoms with Gasteiger partial charge in [0.2, 0.25) is 0 Å². The Kier molecular flexibility index (Phi) is 3.03. The first-order valence-electron chi connectivity index (χ1n) is 3.77. The minimum atomic E-state index is -4.75. The van der Waals surface area contributed by atoms with Gasteiger partial charge in [-0.1, -0.05) is 0 Å². The maximum Gasteiger partial charge on any atom is 0.418 e. The normalized spacial score (nSPS) is 33.6. The fourth-order valence-electron chi connectivity index (χ4n) is 1.08. The summed E-state index contributed by atoms with van der Waals surface area (Å²) in [5.74, 6) is 0. The molecule has 3 N–H and O–H groups in total. The fraction of sp³-hybridized carbons (Fsp3) is 0.714. The molecule has 0 aliphatic carbocycles. The predicted molar refractivity (Wildman–Crippen MR) is 38.1 cm³/mol. The van der Waals surface area contributed by atoms with Gasteiger partial charge >= 0.3 is 6.18 Å². The van der Waals surface area contributed by atoms with Gasteiger partial charge in [0, 0.05) is 0 Å². The van der Waals surface area contributed by atoms with E-state index in [0.717, 1.165) is 0 Å². The molecule has 0 aromatic rings. The molecule has 82 valence electrons. The lowest BCUT2D eigenvalue weighted by atomic mass is 9.99. The molecule has 0 aromatic carbocycles. The number of alkyl halides is 3. The van der Waals surface area contributed by atoms with E-state index in [0.29, 0.717) is 6.26 Å². The summed E-state index contributed by atoms with van der Waals surface area (Å²) in [6.07, 6.45) is -9.52. The Morgan fingerprint density at radius 2 is 1.93 bits per heavy atom. The van der Waals surface area contributed by atoms with Crippen LogP contribution < -0.4 is 0 Å². The zero-order valence-electron chi connectivity index (χ0n) is 6.90. The third kappa shape index (κ3) is 1.99. The van der Waals surface area contributed by atoms with E-state index in [4.69, 9.17) is 15.3 Å². The lowest BCUT2D eigenvalue weighted by molar-refractivity contribution is -0.147. The van der Waals surface area contributed by atoms with Gasteiger partial charge in [-0.2, -0.15) is 13.2 Å². The molecule has 4 nitrogen and oxygen atoms in total. The van der Waals surface area contributed by atoms with Crippen LogP contribution in [-0.2, 0) is 4.74 Å². The third-order valence-electron chi connectivity index (χ3n) is 1.90. The number of ether oxygens (including phenoxy) is 1. The van der Waals surface area contributed by atoms with E-state index in [-0.39, 0.29) is 0 Å². The van der Waals surface area contributed by atoms with Gasteiger partial charge in [0.15, 0.2) is 0 Å². The minimum absolute atomic E-state index is 0.318. The molecule has 0 spiro atoms. The molecule has 0 fully saturated rings. The summed E-state index contributed by atoms with van der Waals surface area (Å²) in [6.45, 7) is -0.667. The van der Waals surface area contributed by atoms with Crippen molar-refractivity contribution in [2.75, 3.05) is 6.61 Å². The molecular weight excluding hydrogens is 205 g/mol. The van der Waals surface area contributed by atoms with Crippen molar-refractivity contribution in [3.05, 3.63) is 11.8 Å². The van der Waals surface area contributed by atoms with Crippen LogP contribution in [0.1, 0.15) is 0 Å². The van der Waals surface area contributed by atoms with Crippen LogP contribution in [0.5, 0.6) is 0 Å². The van der Waals surface area contributed by atoms with Crippen LogP contribution in [-0.4, -0.2) is 46.4 Å². The topological polar surface area (TPSA) is 69.9 Å². The van der Waals surface area contributed by atoms with E-state index < -0.39 is 36.7 Å². The highest BCUT2D eigenvalue weighted by Gasteiger charge is 2.46. The second-order valence-electron chi connectivity index (χ2n) is 2.86. The summed E-state index contributed by atoms with van der Waals surface area (Å²) < 4.78 is 40.7. The molecule has 0 bridgehead atoms. The molecule has 0 amide bonds. The predicted octanol–water partition coefficient (Wildman–Crippen LogP) is -0.455. The first-order valence-corrected chi connectivity index (χ1v) is 3.77. The van der Waals surface area contributed by atoms with Crippen molar-refractivity contribution in [2.24, 2.45) is 0 Å². The van der Waals surface area contributed by atoms with Gasteiger partial charge in [0.1, 0.15) is 18.3 Å². The first-order chi connectivity index (χ1) is 6.38. The number of rotatable bonds is 1. The molecule has 1 aliphatic rings. The molecule has 14 heavy (non-hydrogen) atoms. The Morgan fingerprint density at radius 1 is 1.36 bits per heavy atom. The van der Waals surface area contributed by atoms with Gasteiger partial charge in [0.05, 0.1) is 18.4 Å². The Bertz CT molecular complexity index is 238. The van der Waals surface area contributed by atoms with Crippen LogP contribution in [0.3, 0.4) is 0 Å². The first kappa shape index (κ1) is 11.3. The van der Waals surface area contributed by atoms with Crippen LogP contribution in [0.25, 0.3) is 0 Å². The number of aliphatic hydroxyl groups is 3. The van der Waals surface area contributed by atoms with Gasteiger partial charge in [0.25, 0.3) is 0 Å². The van der Waals surface area contributed by atoms with Gasteiger partial charge in [-0.15, -0.1) is 0 Å². The summed E-state index contributed by atoms with van der Waals surface area (Å²) in [6, 6.07) is 0. The number of aliphatic hydroxyl groups excluding tert-OH is 3. The summed E-state index contributed by atoms with van der Waals surface area (Å²) in [4.78, 5) is 0. The quantitative estimate of drug-likeness (QED) is 0.552. The van der Waals surface area contributed by atoms with E-state index in [1.54, 1.807) is 0 Å². The van der Waals surface area contributed by atoms with Crippen molar-refractivity contribution in [1.82, 2.24) is 0 Å². The van der Waals surface area contributed by atoms with Gasteiger partial charge in [-0.25, -0.2) is 0 Å². The van der Waals surface area contributed by atoms with Gasteiger partial charge < -0.3 is 20.1 Å². The lowest BCUT2D eigenvalue weighted by Gasteiger charge is -2.31. The largest absolute Gasteiger partial charge is 0.492 e. The fourth-order valence-corrected chi connectivity index (χ4v) is 1.08. The molecule has 1 rings (SSSR count).